The molecule has 0 aliphatic carbocycles. The fourth-order valence-electron chi connectivity index (χ4n) is 3.02. The van der Waals surface area contributed by atoms with Crippen molar-refractivity contribution in [2.24, 2.45) is 11.7 Å². The van der Waals surface area contributed by atoms with Crippen molar-refractivity contribution in [2.75, 3.05) is 13.1 Å². The van der Waals surface area contributed by atoms with E-state index in [1.54, 1.807) is 15.1 Å². The van der Waals surface area contributed by atoms with Gasteiger partial charge in [-0.2, -0.15) is 17.5 Å². The molecule has 180 valence electrons. The minimum atomic E-state index is -5.08. The van der Waals surface area contributed by atoms with Gasteiger partial charge in [-0.15, -0.1) is 16.4 Å². The number of aliphatic carboxylic acids is 1. The molecule has 32 heavy (non-hydrogen) atoms. The lowest BCUT2D eigenvalue weighted by molar-refractivity contribution is -0.192. The Hall–Kier alpha value is -2.03. The molecule has 0 saturated carbocycles. The van der Waals surface area contributed by atoms with Gasteiger partial charge in [0.25, 0.3) is 10.0 Å². The van der Waals surface area contributed by atoms with Gasteiger partial charge in [0.2, 0.25) is 0 Å². The van der Waals surface area contributed by atoms with E-state index in [1.807, 2.05) is 33.0 Å². The van der Waals surface area contributed by atoms with Crippen LogP contribution in [0.25, 0.3) is 0 Å². The number of nitrogens with zero attached hydrogens (tertiary/aromatic N) is 4. The van der Waals surface area contributed by atoms with Gasteiger partial charge in [-0.25, -0.2) is 13.2 Å². The summed E-state index contributed by atoms with van der Waals surface area (Å²) in [6, 6.07) is 3.55. The van der Waals surface area contributed by atoms with E-state index < -0.39 is 27.7 Å². The number of rotatable bonds is 5. The first-order chi connectivity index (χ1) is 14.6. The molecule has 0 aromatic carbocycles. The normalized spacial score (nSPS) is 18.2. The van der Waals surface area contributed by atoms with Gasteiger partial charge in [-0.3, -0.25) is 4.68 Å². The number of hydrogen-bond acceptors (Lipinski definition) is 7. The molecule has 2 aromatic rings. The molecule has 0 spiro atoms. The highest BCUT2D eigenvalue weighted by atomic mass is 32.2. The Labute approximate surface area is 188 Å². The van der Waals surface area contributed by atoms with E-state index in [2.05, 4.69) is 10.3 Å². The smallest absolute Gasteiger partial charge is 0.475 e. The van der Waals surface area contributed by atoms with Crippen molar-refractivity contribution in [3.63, 3.8) is 0 Å². The van der Waals surface area contributed by atoms with Crippen molar-refractivity contribution >= 4 is 27.3 Å². The average molecular weight is 498 g/mol. The van der Waals surface area contributed by atoms with Crippen molar-refractivity contribution in [3.05, 3.63) is 28.9 Å². The largest absolute Gasteiger partial charge is 0.490 e. The summed E-state index contributed by atoms with van der Waals surface area (Å²) in [5.74, 6) is -2.53. The zero-order valence-electron chi connectivity index (χ0n) is 17.8. The molecule has 1 atom stereocenters. The summed E-state index contributed by atoms with van der Waals surface area (Å²) in [6.45, 7) is 7.44. The lowest BCUT2D eigenvalue weighted by Crippen LogP contribution is -2.40. The maximum absolute atomic E-state index is 12.8. The van der Waals surface area contributed by atoms with E-state index >= 15 is 0 Å². The predicted octanol–water partition coefficient (Wildman–Crippen LogP) is 2.58. The van der Waals surface area contributed by atoms with E-state index in [0.717, 1.165) is 23.4 Å². The molecule has 14 heteroatoms. The number of aromatic nitrogens is 3. The standard InChI is InChI=1S/C16H25N5O2S2.C2HF3O2/c1-12-6-7-15(24-12)25(22,23)21-8-4-5-13(10-21)9-20-11-14(18-19-20)16(2,3)17;3-2(4,5)1(6)7/h6-7,11,13H,4-5,8-10,17H2,1-3H3;(H,6,7). The van der Waals surface area contributed by atoms with Crippen molar-refractivity contribution in [1.82, 2.24) is 19.3 Å². The van der Waals surface area contributed by atoms with Crippen LogP contribution in [0.15, 0.2) is 22.5 Å². The van der Waals surface area contributed by atoms with E-state index in [1.165, 1.54) is 11.3 Å². The van der Waals surface area contributed by atoms with Crippen LogP contribution in [0.1, 0.15) is 37.3 Å². The van der Waals surface area contributed by atoms with Crippen molar-refractivity contribution in [2.45, 2.75) is 56.1 Å². The Morgan fingerprint density at radius 1 is 1.34 bits per heavy atom. The van der Waals surface area contributed by atoms with Crippen LogP contribution >= 0.6 is 11.3 Å². The first-order valence-electron chi connectivity index (χ1n) is 9.67. The highest BCUT2D eigenvalue weighted by Gasteiger charge is 2.38. The van der Waals surface area contributed by atoms with Crippen LogP contribution in [0.5, 0.6) is 0 Å². The third-order valence-corrected chi connectivity index (χ3v) is 8.01. The first kappa shape index (κ1) is 26.2. The van der Waals surface area contributed by atoms with Crippen molar-refractivity contribution < 1.29 is 31.5 Å². The molecular formula is C18H26F3N5O4S2. The molecule has 1 unspecified atom stereocenters. The van der Waals surface area contributed by atoms with Gasteiger partial charge in [0.05, 0.1) is 11.7 Å². The quantitative estimate of drug-likeness (QED) is 0.649. The third-order valence-electron chi connectivity index (χ3n) is 4.68. The molecule has 0 bridgehead atoms. The van der Waals surface area contributed by atoms with Crippen LogP contribution < -0.4 is 5.73 Å². The number of nitrogens with two attached hydrogens (primary N) is 1. The molecule has 0 amide bonds. The predicted molar refractivity (Wildman–Crippen MR) is 111 cm³/mol. The number of hydrogen-bond donors (Lipinski definition) is 2. The van der Waals surface area contributed by atoms with Gasteiger partial charge < -0.3 is 10.8 Å². The molecule has 1 fully saturated rings. The number of carboxylic acid groups (broad SMARTS) is 1. The zero-order chi connectivity index (χ0) is 24.3. The minimum Gasteiger partial charge on any atom is -0.475 e. The maximum atomic E-state index is 12.8. The number of alkyl halides is 3. The van der Waals surface area contributed by atoms with Gasteiger partial charge in [0, 0.05) is 24.5 Å². The number of sulfonamides is 1. The second-order valence-electron chi connectivity index (χ2n) is 8.09. The molecule has 0 radical (unpaired) electrons. The molecule has 2 aromatic heterocycles. The van der Waals surface area contributed by atoms with Gasteiger partial charge in [0.1, 0.15) is 9.90 Å². The van der Waals surface area contributed by atoms with E-state index in [9.17, 15) is 21.6 Å². The molecular weight excluding hydrogens is 471 g/mol. The third kappa shape index (κ3) is 6.98. The summed E-state index contributed by atoms with van der Waals surface area (Å²) >= 11 is 1.33. The van der Waals surface area contributed by atoms with Crippen molar-refractivity contribution in [1.29, 1.82) is 0 Å². The number of carboxylic acids is 1. The van der Waals surface area contributed by atoms with Gasteiger partial charge in [-0.1, -0.05) is 5.21 Å². The second kappa shape index (κ2) is 9.85. The minimum absolute atomic E-state index is 0.222. The number of aryl methyl sites for hydroxylation is 1. The Kier molecular flexibility index (Phi) is 8.07. The summed E-state index contributed by atoms with van der Waals surface area (Å²) in [5, 5.41) is 15.4. The molecule has 3 heterocycles. The number of piperidine rings is 1. The summed E-state index contributed by atoms with van der Waals surface area (Å²) in [6.07, 6.45) is -1.38. The number of halogens is 3. The van der Waals surface area contributed by atoms with Crippen LogP contribution in [0.2, 0.25) is 0 Å². The SMILES string of the molecule is Cc1ccc(S(=O)(=O)N2CCCC(Cn3cc(C(C)(C)N)nn3)C2)s1.O=C(O)C(F)(F)F. The van der Waals surface area contributed by atoms with E-state index in [-0.39, 0.29) is 5.92 Å². The number of thiophene rings is 1. The van der Waals surface area contributed by atoms with Crippen LogP contribution in [-0.2, 0) is 26.9 Å². The summed E-state index contributed by atoms with van der Waals surface area (Å²) in [7, 11) is -3.40. The molecule has 3 rings (SSSR count). The van der Waals surface area contributed by atoms with Crippen molar-refractivity contribution in [3.8, 4) is 0 Å². The number of carbonyl (C=O) groups is 1. The first-order valence-corrected chi connectivity index (χ1v) is 11.9. The molecule has 3 N–H and O–H groups in total. The fraction of sp³-hybridized carbons (Fsp3) is 0.611. The summed E-state index contributed by atoms with van der Waals surface area (Å²) in [5.41, 5.74) is 6.25. The lowest BCUT2D eigenvalue weighted by atomic mass is 9.99. The Bertz CT molecular complexity index is 1030. The average Bonchev–Trinajstić information content (AvgIpc) is 3.31. The molecule has 1 aliphatic rings. The molecule has 1 aliphatic heterocycles. The van der Waals surface area contributed by atoms with Gasteiger partial charge >= 0.3 is 12.1 Å². The Morgan fingerprint density at radius 3 is 2.44 bits per heavy atom. The van der Waals surface area contributed by atoms with E-state index in [4.69, 9.17) is 15.6 Å². The fourth-order valence-corrected chi connectivity index (χ4v) is 6.01. The second-order valence-corrected chi connectivity index (χ2v) is 11.5. The zero-order valence-corrected chi connectivity index (χ0v) is 19.5. The molecule has 9 nitrogen and oxygen atoms in total. The van der Waals surface area contributed by atoms with Crippen LogP contribution in [0, 0.1) is 12.8 Å². The summed E-state index contributed by atoms with van der Waals surface area (Å²) < 4.78 is 61.2. The topological polar surface area (TPSA) is 131 Å². The van der Waals surface area contributed by atoms with Crippen LogP contribution in [-0.4, -0.2) is 58.1 Å². The summed E-state index contributed by atoms with van der Waals surface area (Å²) in [4.78, 5) is 9.90. The Morgan fingerprint density at radius 2 is 1.97 bits per heavy atom. The maximum Gasteiger partial charge on any atom is 0.490 e. The van der Waals surface area contributed by atoms with Gasteiger partial charge in [-0.05, 0) is 51.7 Å². The van der Waals surface area contributed by atoms with Crippen LogP contribution in [0.3, 0.4) is 0 Å². The molecule has 1 saturated heterocycles. The lowest BCUT2D eigenvalue weighted by Gasteiger charge is -2.31. The monoisotopic (exact) mass is 497 g/mol. The van der Waals surface area contributed by atoms with Crippen LogP contribution in [0.4, 0.5) is 13.2 Å². The Balaban J connectivity index is 0.000000451. The van der Waals surface area contributed by atoms with Gasteiger partial charge in [0.15, 0.2) is 0 Å². The highest BCUT2D eigenvalue weighted by molar-refractivity contribution is 7.91. The van der Waals surface area contributed by atoms with E-state index in [0.29, 0.717) is 23.8 Å². The highest BCUT2D eigenvalue weighted by Crippen LogP contribution is 2.28.